The molecule has 16 heavy (non-hydrogen) atoms. The molecular formula is C13H16N2O. The van der Waals surface area contributed by atoms with E-state index in [-0.39, 0.29) is 0 Å². The summed E-state index contributed by atoms with van der Waals surface area (Å²) in [5.74, 6) is 0. The maximum atomic E-state index is 10.2. The van der Waals surface area contributed by atoms with Crippen molar-refractivity contribution >= 4 is 0 Å². The van der Waals surface area contributed by atoms with Gasteiger partial charge in [0.05, 0.1) is 5.69 Å². The Morgan fingerprint density at radius 2 is 1.94 bits per heavy atom. The van der Waals surface area contributed by atoms with Crippen molar-refractivity contribution in [2.45, 2.75) is 19.4 Å². The van der Waals surface area contributed by atoms with E-state index in [0.717, 1.165) is 17.7 Å². The van der Waals surface area contributed by atoms with Crippen LogP contribution < -0.4 is 0 Å². The Kier molecular flexibility index (Phi) is 3.06. The maximum absolute atomic E-state index is 10.2. The molecule has 1 aromatic heterocycles. The second kappa shape index (κ2) is 4.49. The standard InChI is InChI=1S/C13H16N2O/c1-3-10-4-6-11(7-5-10)13(16)12-8-9-14-15(12)2/h4-9,13,16H,3H2,1-2H3. The summed E-state index contributed by atoms with van der Waals surface area (Å²) < 4.78 is 1.69. The molecule has 2 aromatic rings. The van der Waals surface area contributed by atoms with Gasteiger partial charge in [-0.15, -0.1) is 0 Å². The van der Waals surface area contributed by atoms with Crippen LogP contribution in [-0.2, 0) is 13.5 Å². The van der Waals surface area contributed by atoms with E-state index in [9.17, 15) is 5.11 Å². The molecule has 1 N–H and O–H groups in total. The van der Waals surface area contributed by atoms with Gasteiger partial charge in [-0.1, -0.05) is 31.2 Å². The van der Waals surface area contributed by atoms with E-state index in [1.807, 2.05) is 25.2 Å². The molecule has 0 amide bonds. The minimum absolute atomic E-state index is 0.599. The first-order valence-corrected chi connectivity index (χ1v) is 5.47. The van der Waals surface area contributed by atoms with Gasteiger partial charge >= 0.3 is 0 Å². The summed E-state index contributed by atoms with van der Waals surface area (Å²) in [7, 11) is 1.83. The van der Waals surface area contributed by atoms with Crippen LogP contribution in [0.1, 0.15) is 29.8 Å². The summed E-state index contributed by atoms with van der Waals surface area (Å²) >= 11 is 0. The van der Waals surface area contributed by atoms with Crippen LogP contribution in [0, 0.1) is 0 Å². The van der Waals surface area contributed by atoms with Gasteiger partial charge in [-0.2, -0.15) is 5.10 Å². The molecule has 3 nitrogen and oxygen atoms in total. The van der Waals surface area contributed by atoms with Crippen molar-refractivity contribution < 1.29 is 5.11 Å². The third-order valence-corrected chi connectivity index (χ3v) is 2.84. The predicted octanol–water partition coefficient (Wildman–Crippen LogP) is 2.06. The molecule has 1 unspecified atom stereocenters. The predicted molar refractivity (Wildman–Crippen MR) is 63.1 cm³/mol. The van der Waals surface area contributed by atoms with Crippen LogP contribution in [0.25, 0.3) is 0 Å². The molecular weight excluding hydrogens is 200 g/mol. The molecule has 1 atom stereocenters. The monoisotopic (exact) mass is 216 g/mol. The highest BCUT2D eigenvalue weighted by Gasteiger charge is 2.13. The van der Waals surface area contributed by atoms with Gasteiger partial charge in [0.2, 0.25) is 0 Å². The highest BCUT2D eigenvalue weighted by molar-refractivity contribution is 5.28. The van der Waals surface area contributed by atoms with Gasteiger partial charge in [0.15, 0.2) is 0 Å². The SMILES string of the molecule is CCc1ccc(C(O)c2ccnn2C)cc1. The number of aliphatic hydroxyl groups excluding tert-OH is 1. The molecule has 1 heterocycles. The van der Waals surface area contributed by atoms with E-state index in [0.29, 0.717) is 0 Å². The second-order valence-corrected chi connectivity index (χ2v) is 3.88. The number of rotatable bonds is 3. The zero-order valence-electron chi connectivity index (χ0n) is 9.59. The van der Waals surface area contributed by atoms with Crippen LogP contribution in [-0.4, -0.2) is 14.9 Å². The van der Waals surface area contributed by atoms with E-state index in [2.05, 4.69) is 24.2 Å². The lowest BCUT2D eigenvalue weighted by Gasteiger charge is -2.11. The average Bonchev–Trinajstić information content (AvgIpc) is 2.75. The van der Waals surface area contributed by atoms with Gasteiger partial charge in [-0.3, -0.25) is 4.68 Å². The fourth-order valence-electron chi connectivity index (χ4n) is 1.76. The molecule has 84 valence electrons. The third kappa shape index (κ3) is 1.99. The molecule has 0 aliphatic heterocycles. The van der Waals surface area contributed by atoms with Crippen LogP contribution in [0.4, 0.5) is 0 Å². The number of aromatic nitrogens is 2. The Labute approximate surface area is 95.3 Å². The lowest BCUT2D eigenvalue weighted by molar-refractivity contribution is 0.209. The average molecular weight is 216 g/mol. The van der Waals surface area contributed by atoms with Crippen molar-refractivity contribution in [3.63, 3.8) is 0 Å². The van der Waals surface area contributed by atoms with E-state index in [1.54, 1.807) is 10.9 Å². The van der Waals surface area contributed by atoms with Crippen LogP contribution in [0.5, 0.6) is 0 Å². The maximum Gasteiger partial charge on any atom is 0.121 e. The number of hydrogen-bond donors (Lipinski definition) is 1. The summed E-state index contributed by atoms with van der Waals surface area (Å²) in [6.07, 6.45) is 2.11. The zero-order chi connectivity index (χ0) is 11.5. The van der Waals surface area contributed by atoms with E-state index in [4.69, 9.17) is 0 Å². The van der Waals surface area contributed by atoms with Crippen molar-refractivity contribution in [2.75, 3.05) is 0 Å². The van der Waals surface area contributed by atoms with Gasteiger partial charge in [0.1, 0.15) is 6.10 Å². The normalized spacial score (nSPS) is 12.7. The Morgan fingerprint density at radius 1 is 1.25 bits per heavy atom. The van der Waals surface area contributed by atoms with Gasteiger partial charge in [-0.05, 0) is 23.6 Å². The molecule has 0 radical (unpaired) electrons. The highest BCUT2D eigenvalue weighted by atomic mass is 16.3. The number of hydrogen-bond acceptors (Lipinski definition) is 2. The lowest BCUT2D eigenvalue weighted by Crippen LogP contribution is -2.06. The van der Waals surface area contributed by atoms with E-state index in [1.165, 1.54) is 5.56 Å². The first-order valence-electron chi connectivity index (χ1n) is 5.47. The summed E-state index contributed by atoms with van der Waals surface area (Å²) in [4.78, 5) is 0. The Balaban J connectivity index is 2.27. The second-order valence-electron chi connectivity index (χ2n) is 3.88. The molecule has 0 saturated heterocycles. The Morgan fingerprint density at radius 3 is 2.44 bits per heavy atom. The van der Waals surface area contributed by atoms with Gasteiger partial charge in [-0.25, -0.2) is 0 Å². The van der Waals surface area contributed by atoms with Crippen LogP contribution >= 0.6 is 0 Å². The minimum Gasteiger partial charge on any atom is -0.382 e. The van der Waals surface area contributed by atoms with Crippen molar-refractivity contribution in [3.8, 4) is 0 Å². The molecule has 0 aliphatic carbocycles. The van der Waals surface area contributed by atoms with E-state index < -0.39 is 6.10 Å². The quantitative estimate of drug-likeness (QED) is 0.852. The first-order chi connectivity index (χ1) is 7.72. The minimum atomic E-state index is -0.599. The number of aryl methyl sites for hydroxylation is 2. The number of benzene rings is 1. The Hall–Kier alpha value is -1.61. The fourth-order valence-corrected chi connectivity index (χ4v) is 1.76. The number of aliphatic hydroxyl groups is 1. The molecule has 0 spiro atoms. The van der Waals surface area contributed by atoms with Crippen molar-refractivity contribution in [1.29, 1.82) is 0 Å². The first kappa shape index (κ1) is 10.9. The Bertz CT molecular complexity index is 459. The summed E-state index contributed by atoms with van der Waals surface area (Å²) in [6.45, 7) is 2.12. The molecule has 0 fully saturated rings. The van der Waals surface area contributed by atoms with Crippen molar-refractivity contribution in [1.82, 2.24) is 9.78 Å². The number of nitrogens with zero attached hydrogens (tertiary/aromatic N) is 2. The van der Waals surface area contributed by atoms with Crippen molar-refractivity contribution in [3.05, 3.63) is 53.3 Å². The van der Waals surface area contributed by atoms with Gasteiger partial charge in [0, 0.05) is 13.2 Å². The lowest BCUT2D eigenvalue weighted by atomic mass is 10.0. The van der Waals surface area contributed by atoms with Crippen molar-refractivity contribution in [2.24, 2.45) is 7.05 Å². The summed E-state index contributed by atoms with van der Waals surface area (Å²) in [5.41, 5.74) is 2.99. The molecule has 0 saturated carbocycles. The highest BCUT2D eigenvalue weighted by Crippen LogP contribution is 2.21. The van der Waals surface area contributed by atoms with Gasteiger partial charge in [0.25, 0.3) is 0 Å². The molecule has 0 bridgehead atoms. The topological polar surface area (TPSA) is 38.1 Å². The van der Waals surface area contributed by atoms with Gasteiger partial charge < -0.3 is 5.11 Å². The fraction of sp³-hybridized carbons (Fsp3) is 0.308. The molecule has 0 aliphatic rings. The molecule has 3 heteroatoms. The summed E-state index contributed by atoms with van der Waals surface area (Å²) in [5, 5.41) is 14.2. The van der Waals surface area contributed by atoms with Crippen LogP contribution in [0.15, 0.2) is 36.5 Å². The molecule has 1 aromatic carbocycles. The van der Waals surface area contributed by atoms with Crippen LogP contribution in [0.3, 0.4) is 0 Å². The van der Waals surface area contributed by atoms with E-state index >= 15 is 0 Å². The zero-order valence-corrected chi connectivity index (χ0v) is 9.59. The van der Waals surface area contributed by atoms with Crippen LogP contribution in [0.2, 0.25) is 0 Å². The largest absolute Gasteiger partial charge is 0.382 e. The smallest absolute Gasteiger partial charge is 0.121 e. The third-order valence-electron chi connectivity index (χ3n) is 2.84. The molecule has 2 rings (SSSR count). The summed E-state index contributed by atoms with van der Waals surface area (Å²) in [6, 6.07) is 9.87.